The van der Waals surface area contributed by atoms with Crippen LogP contribution in [0.2, 0.25) is 0 Å². The van der Waals surface area contributed by atoms with E-state index in [2.05, 4.69) is 13.8 Å². The Hall–Kier alpha value is -0.330. The van der Waals surface area contributed by atoms with Crippen molar-refractivity contribution in [3.8, 4) is 0 Å². The van der Waals surface area contributed by atoms with Gasteiger partial charge in [-0.1, -0.05) is 46.0 Å². The van der Waals surface area contributed by atoms with Crippen LogP contribution in [0, 0.1) is 17.3 Å². The maximum atomic E-state index is 12.7. The third-order valence-electron chi connectivity index (χ3n) is 5.07. The molecular weight excluding hydrogens is 196 g/mol. The van der Waals surface area contributed by atoms with Gasteiger partial charge in [0.2, 0.25) is 0 Å². The normalized spacial score (nSPS) is 33.9. The number of carbonyl (C=O) groups is 1. The first-order valence-electron chi connectivity index (χ1n) is 7.22. The Labute approximate surface area is 100.0 Å². The van der Waals surface area contributed by atoms with Crippen LogP contribution in [0.25, 0.3) is 0 Å². The molecule has 2 fully saturated rings. The minimum atomic E-state index is 0.0510. The lowest BCUT2D eigenvalue weighted by molar-refractivity contribution is -0.134. The Morgan fingerprint density at radius 1 is 1.12 bits per heavy atom. The molecule has 2 aliphatic rings. The summed E-state index contributed by atoms with van der Waals surface area (Å²) in [4.78, 5) is 12.7. The molecule has 92 valence electrons. The zero-order valence-electron chi connectivity index (χ0n) is 10.9. The molecule has 0 aromatic carbocycles. The second kappa shape index (κ2) is 4.89. The van der Waals surface area contributed by atoms with Crippen molar-refractivity contribution in [2.24, 2.45) is 17.3 Å². The van der Waals surface area contributed by atoms with E-state index in [-0.39, 0.29) is 5.41 Å². The van der Waals surface area contributed by atoms with Crippen molar-refractivity contribution in [2.75, 3.05) is 0 Å². The zero-order chi connectivity index (χ0) is 11.6. The van der Waals surface area contributed by atoms with Gasteiger partial charge in [-0.25, -0.2) is 0 Å². The molecule has 0 saturated heterocycles. The van der Waals surface area contributed by atoms with Gasteiger partial charge in [0.1, 0.15) is 5.78 Å². The number of hydrogen-bond donors (Lipinski definition) is 0. The average molecular weight is 222 g/mol. The Balaban J connectivity index is 2.07. The molecule has 2 unspecified atom stereocenters. The molecule has 2 rings (SSSR count). The SMILES string of the molecule is CCC1CCCCC1C(=O)C1(C)CCCC1. The minimum Gasteiger partial charge on any atom is -0.299 e. The fourth-order valence-electron chi connectivity index (χ4n) is 3.89. The molecule has 2 aliphatic carbocycles. The second-order valence-electron chi connectivity index (χ2n) is 6.19. The molecule has 0 aliphatic heterocycles. The predicted molar refractivity (Wildman–Crippen MR) is 67.3 cm³/mol. The van der Waals surface area contributed by atoms with E-state index in [0.29, 0.717) is 17.6 Å². The van der Waals surface area contributed by atoms with E-state index in [1.807, 2.05) is 0 Å². The fourth-order valence-corrected chi connectivity index (χ4v) is 3.89. The van der Waals surface area contributed by atoms with Gasteiger partial charge in [0.05, 0.1) is 0 Å². The Morgan fingerprint density at radius 2 is 1.75 bits per heavy atom. The largest absolute Gasteiger partial charge is 0.299 e. The summed E-state index contributed by atoms with van der Waals surface area (Å²) in [5.41, 5.74) is 0.0510. The highest BCUT2D eigenvalue weighted by molar-refractivity contribution is 5.87. The summed E-state index contributed by atoms with van der Waals surface area (Å²) in [5.74, 6) is 1.72. The number of Topliss-reactive ketones (excluding diaryl/α,β-unsaturated/α-hetero) is 1. The summed E-state index contributed by atoms with van der Waals surface area (Å²) in [5, 5.41) is 0. The number of rotatable bonds is 3. The van der Waals surface area contributed by atoms with Gasteiger partial charge in [-0.3, -0.25) is 4.79 Å². The Kier molecular flexibility index (Phi) is 3.71. The maximum Gasteiger partial charge on any atom is 0.142 e. The molecule has 0 aromatic heterocycles. The molecule has 0 heterocycles. The van der Waals surface area contributed by atoms with Crippen LogP contribution in [0.4, 0.5) is 0 Å². The van der Waals surface area contributed by atoms with E-state index in [1.165, 1.54) is 44.9 Å². The first-order valence-corrected chi connectivity index (χ1v) is 7.22. The van der Waals surface area contributed by atoms with E-state index in [9.17, 15) is 4.79 Å². The van der Waals surface area contributed by atoms with Crippen LogP contribution < -0.4 is 0 Å². The van der Waals surface area contributed by atoms with Crippen LogP contribution in [-0.2, 0) is 4.79 Å². The monoisotopic (exact) mass is 222 g/mol. The third kappa shape index (κ3) is 2.19. The van der Waals surface area contributed by atoms with Crippen LogP contribution in [0.5, 0.6) is 0 Å². The lowest BCUT2D eigenvalue weighted by Crippen LogP contribution is -2.36. The standard InChI is InChI=1S/C15H26O/c1-3-12-8-4-5-9-13(12)14(16)15(2)10-6-7-11-15/h12-13H,3-11H2,1-2H3. The van der Waals surface area contributed by atoms with Gasteiger partial charge in [0.15, 0.2) is 0 Å². The lowest BCUT2D eigenvalue weighted by Gasteiger charge is -2.35. The molecular formula is C15H26O. The van der Waals surface area contributed by atoms with E-state index in [4.69, 9.17) is 0 Å². The highest BCUT2D eigenvalue weighted by Gasteiger charge is 2.42. The van der Waals surface area contributed by atoms with Crippen molar-refractivity contribution in [3.05, 3.63) is 0 Å². The van der Waals surface area contributed by atoms with E-state index >= 15 is 0 Å². The number of hydrogen-bond acceptors (Lipinski definition) is 1. The maximum absolute atomic E-state index is 12.7. The summed E-state index contributed by atoms with van der Waals surface area (Å²) in [6.45, 7) is 4.48. The van der Waals surface area contributed by atoms with Gasteiger partial charge in [-0.2, -0.15) is 0 Å². The van der Waals surface area contributed by atoms with Crippen molar-refractivity contribution in [1.29, 1.82) is 0 Å². The molecule has 0 bridgehead atoms. The molecule has 2 saturated carbocycles. The van der Waals surface area contributed by atoms with Crippen molar-refractivity contribution < 1.29 is 4.79 Å². The van der Waals surface area contributed by atoms with Crippen LogP contribution >= 0.6 is 0 Å². The van der Waals surface area contributed by atoms with Gasteiger partial charge in [0, 0.05) is 11.3 Å². The van der Waals surface area contributed by atoms with E-state index < -0.39 is 0 Å². The molecule has 0 radical (unpaired) electrons. The number of ketones is 1. The van der Waals surface area contributed by atoms with Gasteiger partial charge in [-0.15, -0.1) is 0 Å². The molecule has 0 N–H and O–H groups in total. The topological polar surface area (TPSA) is 17.1 Å². The molecule has 0 spiro atoms. The fraction of sp³-hybridized carbons (Fsp3) is 0.933. The van der Waals surface area contributed by atoms with E-state index in [0.717, 1.165) is 12.8 Å². The molecule has 0 aromatic rings. The highest BCUT2D eigenvalue weighted by atomic mass is 16.1. The van der Waals surface area contributed by atoms with Crippen molar-refractivity contribution in [2.45, 2.75) is 71.6 Å². The van der Waals surface area contributed by atoms with Gasteiger partial charge < -0.3 is 0 Å². The minimum absolute atomic E-state index is 0.0510. The van der Waals surface area contributed by atoms with Crippen LogP contribution in [0.3, 0.4) is 0 Å². The molecule has 2 atom stereocenters. The van der Waals surface area contributed by atoms with Gasteiger partial charge in [-0.05, 0) is 31.6 Å². The van der Waals surface area contributed by atoms with Gasteiger partial charge in [0.25, 0.3) is 0 Å². The first-order chi connectivity index (χ1) is 7.67. The molecule has 1 heteroatoms. The highest BCUT2D eigenvalue weighted by Crippen LogP contribution is 2.44. The first kappa shape index (κ1) is 12.1. The average Bonchev–Trinajstić information content (AvgIpc) is 2.76. The van der Waals surface area contributed by atoms with Crippen molar-refractivity contribution >= 4 is 5.78 Å². The lowest BCUT2D eigenvalue weighted by atomic mass is 9.68. The van der Waals surface area contributed by atoms with E-state index in [1.54, 1.807) is 0 Å². The van der Waals surface area contributed by atoms with Crippen LogP contribution in [-0.4, -0.2) is 5.78 Å². The second-order valence-corrected chi connectivity index (χ2v) is 6.19. The quantitative estimate of drug-likeness (QED) is 0.693. The number of carbonyl (C=O) groups excluding carboxylic acids is 1. The Morgan fingerprint density at radius 3 is 2.38 bits per heavy atom. The smallest absolute Gasteiger partial charge is 0.142 e. The zero-order valence-corrected chi connectivity index (χ0v) is 10.9. The Bertz CT molecular complexity index is 250. The third-order valence-corrected chi connectivity index (χ3v) is 5.07. The summed E-state index contributed by atoms with van der Waals surface area (Å²) in [7, 11) is 0. The summed E-state index contributed by atoms with van der Waals surface area (Å²) in [6, 6.07) is 0. The van der Waals surface area contributed by atoms with Gasteiger partial charge >= 0.3 is 0 Å². The molecule has 1 nitrogen and oxygen atoms in total. The summed E-state index contributed by atoms with van der Waals surface area (Å²) < 4.78 is 0. The van der Waals surface area contributed by atoms with Crippen molar-refractivity contribution in [1.82, 2.24) is 0 Å². The predicted octanol–water partition coefficient (Wildman–Crippen LogP) is 4.35. The van der Waals surface area contributed by atoms with Crippen molar-refractivity contribution in [3.63, 3.8) is 0 Å². The molecule has 0 amide bonds. The van der Waals surface area contributed by atoms with Crippen LogP contribution in [0.15, 0.2) is 0 Å². The van der Waals surface area contributed by atoms with Crippen LogP contribution in [0.1, 0.15) is 71.6 Å². The summed E-state index contributed by atoms with van der Waals surface area (Å²) in [6.07, 6.45) is 11.1. The summed E-state index contributed by atoms with van der Waals surface area (Å²) >= 11 is 0. The molecule has 16 heavy (non-hydrogen) atoms.